The predicted octanol–water partition coefficient (Wildman–Crippen LogP) is -0.871. The molecule has 0 spiro atoms. The Hall–Kier alpha value is -0.160. The number of aliphatic hydroxyl groups excluding tert-OH is 3. The van der Waals surface area contributed by atoms with E-state index < -0.39 is 6.10 Å². The van der Waals surface area contributed by atoms with E-state index in [2.05, 4.69) is 0 Å². The van der Waals surface area contributed by atoms with Gasteiger partial charge in [-0.1, -0.05) is 0 Å². The van der Waals surface area contributed by atoms with E-state index in [9.17, 15) is 0 Å². The zero-order valence-electron chi connectivity index (χ0n) is 6.57. The van der Waals surface area contributed by atoms with Crippen LogP contribution < -0.4 is 0 Å². The highest BCUT2D eigenvalue weighted by atomic mass is 16.5. The van der Waals surface area contributed by atoms with Crippen molar-refractivity contribution in [3.8, 4) is 0 Å². The van der Waals surface area contributed by atoms with E-state index in [4.69, 9.17) is 20.1 Å². The van der Waals surface area contributed by atoms with Crippen molar-refractivity contribution in [2.24, 2.45) is 0 Å². The average molecular weight is 164 g/mol. The van der Waals surface area contributed by atoms with Gasteiger partial charge in [0, 0.05) is 13.2 Å². The van der Waals surface area contributed by atoms with Gasteiger partial charge in [-0.05, 0) is 12.8 Å². The highest BCUT2D eigenvalue weighted by Crippen LogP contribution is 1.90. The lowest BCUT2D eigenvalue weighted by molar-refractivity contribution is 0.00468. The van der Waals surface area contributed by atoms with Crippen LogP contribution in [0.2, 0.25) is 0 Å². The standard InChI is InChI=1S/C7H16O4/c8-3-1-2-4-11-6-7(10)5-9/h7-10H,1-6H2. The highest BCUT2D eigenvalue weighted by Gasteiger charge is 1.99. The third kappa shape index (κ3) is 7.74. The third-order valence-electron chi connectivity index (χ3n) is 1.22. The van der Waals surface area contributed by atoms with E-state index in [-0.39, 0.29) is 19.8 Å². The van der Waals surface area contributed by atoms with Crippen molar-refractivity contribution in [3.05, 3.63) is 0 Å². The minimum atomic E-state index is -0.774. The molecule has 0 saturated heterocycles. The highest BCUT2D eigenvalue weighted by molar-refractivity contribution is 4.48. The number of unbranched alkanes of at least 4 members (excludes halogenated alkanes) is 1. The van der Waals surface area contributed by atoms with Crippen molar-refractivity contribution >= 4 is 0 Å². The Morgan fingerprint density at radius 1 is 1.18 bits per heavy atom. The summed E-state index contributed by atoms with van der Waals surface area (Å²) in [6, 6.07) is 0. The van der Waals surface area contributed by atoms with Gasteiger partial charge >= 0.3 is 0 Å². The van der Waals surface area contributed by atoms with E-state index in [0.717, 1.165) is 12.8 Å². The van der Waals surface area contributed by atoms with E-state index in [0.29, 0.717) is 6.61 Å². The van der Waals surface area contributed by atoms with Crippen molar-refractivity contribution in [3.63, 3.8) is 0 Å². The zero-order valence-corrected chi connectivity index (χ0v) is 6.57. The second-order valence-corrected chi connectivity index (χ2v) is 2.34. The van der Waals surface area contributed by atoms with E-state index in [1.165, 1.54) is 0 Å². The first kappa shape index (κ1) is 10.8. The number of rotatable bonds is 7. The molecule has 3 N–H and O–H groups in total. The van der Waals surface area contributed by atoms with Gasteiger partial charge in [-0.15, -0.1) is 0 Å². The van der Waals surface area contributed by atoms with E-state index in [1.807, 2.05) is 0 Å². The van der Waals surface area contributed by atoms with Crippen LogP contribution in [0.4, 0.5) is 0 Å². The van der Waals surface area contributed by atoms with Gasteiger partial charge in [0.2, 0.25) is 0 Å². The number of aliphatic hydroxyl groups is 3. The van der Waals surface area contributed by atoms with Crippen LogP contribution in [-0.4, -0.2) is 47.9 Å². The molecule has 0 amide bonds. The van der Waals surface area contributed by atoms with E-state index >= 15 is 0 Å². The van der Waals surface area contributed by atoms with Crippen LogP contribution in [0.3, 0.4) is 0 Å². The van der Waals surface area contributed by atoms with Gasteiger partial charge in [0.25, 0.3) is 0 Å². The molecule has 4 nitrogen and oxygen atoms in total. The summed E-state index contributed by atoms with van der Waals surface area (Å²) in [7, 11) is 0. The first-order valence-electron chi connectivity index (χ1n) is 3.78. The maximum absolute atomic E-state index is 8.79. The summed E-state index contributed by atoms with van der Waals surface area (Å²) in [6.45, 7) is 0.603. The van der Waals surface area contributed by atoms with Crippen molar-refractivity contribution in [2.45, 2.75) is 18.9 Å². The second kappa shape index (κ2) is 7.94. The summed E-state index contributed by atoms with van der Waals surface area (Å²) in [5, 5.41) is 25.5. The molecule has 0 radical (unpaired) electrons. The quantitative estimate of drug-likeness (QED) is 0.428. The van der Waals surface area contributed by atoms with Gasteiger partial charge < -0.3 is 20.1 Å². The van der Waals surface area contributed by atoms with Crippen LogP contribution in [0.15, 0.2) is 0 Å². The fourth-order valence-electron chi connectivity index (χ4n) is 0.588. The molecule has 0 aromatic carbocycles. The summed E-state index contributed by atoms with van der Waals surface area (Å²) in [6.07, 6.45) is 0.730. The van der Waals surface area contributed by atoms with Gasteiger partial charge in [0.05, 0.1) is 13.2 Å². The van der Waals surface area contributed by atoms with Crippen LogP contribution in [-0.2, 0) is 4.74 Å². The Morgan fingerprint density at radius 3 is 2.45 bits per heavy atom. The zero-order chi connectivity index (χ0) is 8.53. The molecule has 0 aliphatic heterocycles. The summed E-state index contributed by atoms with van der Waals surface area (Å²) in [4.78, 5) is 0. The SMILES string of the molecule is OCCCCOCC(O)CO. The molecule has 0 aliphatic carbocycles. The fraction of sp³-hybridized carbons (Fsp3) is 1.00. The van der Waals surface area contributed by atoms with Gasteiger partial charge in [-0.3, -0.25) is 0 Å². The normalized spacial score (nSPS) is 13.4. The molecule has 11 heavy (non-hydrogen) atoms. The van der Waals surface area contributed by atoms with Crippen molar-refractivity contribution in [1.29, 1.82) is 0 Å². The molecule has 0 saturated carbocycles. The molecule has 0 fully saturated rings. The molecular weight excluding hydrogens is 148 g/mol. The fourth-order valence-corrected chi connectivity index (χ4v) is 0.588. The molecule has 0 heterocycles. The van der Waals surface area contributed by atoms with Crippen molar-refractivity contribution in [1.82, 2.24) is 0 Å². The Kier molecular flexibility index (Phi) is 7.83. The van der Waals surface area contributed by atoms with Crippen LogP contribution in [0.25, 0.3) is 0 Å². The lowest BCUT2D eigenvalue weighted by Gasteiger charge is -2.07. The lowest BCUT2D eigenvalue weighted by Crippen LogP contribution is -2.19. The largest absolute Gasteiger partial charge is 0.396 e. The topological polar surface area (TPSA) is 69.9 Å². The molecule has 1 atom stereocenters. The second-order valence-electron chi connectivity index (χ2n) is 2.34. The molecule has 0 bridgehead atoms. The van der Waals surface area contributed by atoms with Crippen LogP contribution in [0, 0.1) is 0 Å². The summed E-state index contributed by atoms with van der Waals surface area (Å²) in [5.74, 6) is 0. The monoisotopic (exact) mass is 164 g/mol. The predicted molar refractivity (Wildman–Crippen MR) is 40.2 cm³/mol. The smallest absolute Gasteiger partial charge is 0.100 e. The Balaban J connectivity index is 2.89. The molecule has 68 valence electrons. The Labute approximate surface area is 66.4 Å². The van der Waals surface area contributed by atoms with Crippen LogP contribution >= 0.6 is 0 Å². The molecule has 0 aromatic rings. The van der Waals surface area contributed by atoms with Crippen LogP contribution in [0.5, 0.6) is 0 Å². The minimum absolute atomic E-state index is 0.169. The van der Waals surface area contributed by atoms with Gasteiger partial charge in [-0.2, -0.15) is 0 Å². The molecule has 4 heteroatoms. The average Bonchev–Trinajstić information content (AvgIpc) is 2.04. The Morgan fingerprint density at radius 2 is 1.91 bits per heavy atom. The molecular formula is C7H16O4. The summed E-state index contributed by atoms with van der Waals surface area (Å²) < 4.78 is 4.97. The number of hydrogen-bond acceptors (Lipinski definition) is 4. The molecule has 0 aliphatic rings. The summed E-state index contributed by atoms with van der Waals surface area (Å²) >= 11 is 0. The summed E-state index contributed by atoms with van der Waals surface area (Å²) in [5.41, 5.74) is 0. The number of ether oxygens (including phenoxy) is 1. The van der Waals surface area contributed by atoms with Gasteiger partial charge in [0.15, 0.2) is 0 Å². The minimum Gasteiger partial charge on any atom is -0.396 e. The number of hydrogen-bond donors (Lipinski definition) is 3. The van der Waals surface area contributed by atoms with E-state index in [1.54, 1.807) is 0 Å². The third-order valence-corrected chi connectivity index (χ3v) is 1.22. The first-order chi connectivity index (χ1) is 5.31. The van der Waals surface area contributed by atoms with Crippen molar-refractivity contribution in [2.75, 3.05) is 26.4 Å². The van der Waals surface area contributed by atoms with Crippen molar-refractivity contribution < 1.29 is 20.1 Å². The maximum Gasteiger partial charge on any atom is 0.100 e. The maximum atomic E-state index is 8.79. The van der Waals surface area contributed by atoms with Gasteiger partial charge in [0.1, 0.15) is 6.10 Å². The Bertz CT molecular complexity index is 76.8. The molecule has 0 aromatic heterocycles. The molecule has 0 rings (SSSR count). The van der Waals surface area contributed by atoms with Gasteiger partial charge in [-0.25, -0.2) is 0 Å². The first-order valence-corrected chi connectivity index (χ1v) is 3.78. The lowest BCUT2D eigenvalue weighted by atomic mass is 10.3. The van der Waals surface area contributed by atoms with Crippen LogP contribution in [0.1, 0.15) is 12.8 Å². The molecule has 1 unspecified atom stereocenters.